The Morgan fingerprint density at radius 3 is 1.31 bits per heavy atom. The summed E-state index contributed by atoms with van der Waals surface area (Å²) in [4.78, 5) is 45.1. The maximum absolute atomic E-state index is 10.9. The zero-order chi connectivity index (χ0) is 67.3. The number of halogens is 8. The van der Waals surface area contributed by atoms with Crippen molar-refractivity contribution in [2.24, 2.45) is 0 Å². The van der Waals surface area contributed by atoms with E-state index in [0.717, 1.165) is 65.4 Å². The molecule has 0 unspecified atom stereocenters. The van der Waals surface area contributed by atoms with Crippen molar-refractivity contribution in [2.45, 2.75) is 33.0 Å². The minimum absolute atomic E-state index is 0. The molecule has 21 nitrogen and oxygen atoms in total. The molecule has 91 heavy (non-hydrogen) atoms. The minimum Gasteiger partial charge on any atom is -0.536 e. The molecule has 6 N–H and O–H groups in total. The Morgan fingerprint density at radius 2 is 0.923 bits per heavy atom. The summed E-state index contributed by atoms with van der Waals surface area (Å²) in [5.74, 6) is 0.191. The van der Waals surface area contributed by atoms with Gasteiger partial charge in [0.05, 0.1) is 19.7 Å². The summed E-state index contributed by atoms with van der Waals surface area (Å²) in [5.41, 5.74) is -1.68. The highest BCUT2D eigenvalue weighted by Gasteiger charge is 2.44. The van der Waals surface area contributed by atoms with E-state index < -0.39 is 20.5 Å². The predicted octanol–water partition coefficient (Wildman–Crippen LogP) is 18.9. The van der Waals surface area contributed by atoms with Gasteiger partial charge in [-0.05, 0) is 172 Å². The van der Waals surface area contributed by atoms with Gasteiger partial charge in [-0.1, -0.05) is 97.1 Å². The van der Waals surface area contributed by atoms with Crippen LogP contribution in [0.4, 0.5) is 35.9 Å². The Bertz CT molecular complexity index is 3890. The number of nitrogens with zero attached hydrogens (tertiary/aromatic N) is 4. The lowest BCUT2D eigenvalue weighted by Gasteiger charge is -2.09. The Morgan fingerprint density at radius 1 is 0.549 bits per heavy atom. The topological polar surface area (TPSA) is 338 Å². The summed E-state index contributed by atoms with van der Waals surface area (Å²) < 4.78 is 72.4. The van der Waals surface area contributed by atoms with Gasteiger partial charge in [0.2, 0.25) is 0 Å². The summed E-state index contributed by atoms with van der Waals surface area (Å²) in [5, 5.41) is 65.5. The Kier molecular flexibility index (Phi) is 37.2. The molecule has 0 spiro atoms. The van der Waals surface area contributed by atoms with E-state index >= 15 is 0 Å². The maximum atomic E-state index is 10.9. The molecular formula is C56H50BBr4F3IN4O17S5. The van der Waals surface area contributed by atoms with Gasteiger partial charge in [0, 0.05) is 87.0 Å². The molecule has 1 radical (unpaired) electrons. The fourth-order valence-corrected chi connectivity index (χ4v) is 13.7. The number of alkyl halides is 3. The number of benzene rings is 8. The molecule has 2 heterocycles. The molecule has 0 aliphatic carbocycles. The van der Waals surface area contributed by atoms with Crippen LogP contribution in [-0.2, 0) is 14.9 Å². The Balaban J connectivity index is 0.000000370. The average molecular weight is 1730 g/mol. The van der Waals surface area contributed by atoms with Crippen LogP contribution in [0.5, 0.6) is 5.75 Å². The van der Waals surface area contributed by atoms with Crippen molar-refractivity contribution in [1.29, 1.82) is 0 Å². The molecule has 1 saturated heterocycles. The monoisotopic (exact) mass is 1720 g/mol. The largest absolute Gasteiger partial charge is 0.569 e. The van der Waals surface area contributed by atoms with E-state index in [2.05, 4.69) is 121 Å². The zero-order valence-corrected chi connectivity index (χ0v) is 59.6. The van der Waals surface area contributed by atoms with Crippen LogP contribution in [0.2, 0.25) is 0 Å². The van der Waals surface area contributed by atoms with E-state index in [1.807, 2.05) is 104 Å². The second-order valence-electron chi connectivity index (χ2n) is 16.8. The molecule has 1 aliphatic heterocycles. The summed E-state index contributed by atoms with van der Waals surface area (Å²) in [6, 6.07) is 49.8. The molecular weight excluding hydrogens is 1680 g/mol. The van der Waals surface area contributed by atoms with Gasteiger partial charge in [-0.3, -0.25) is 55.5 Å². The van der Waals surface area contributed by atoms with Crippen molar-refractivity contribution < 1.29 is 76.2 Å². The smallest absolute Gasteiger partial charge is 0.536 e. The van der Waals surface area contributed by atoms with E-state index in [4.69, 9.17) is 33.2 Å². The summed E-state index contributed by atoms with van der Waals surface area (Å²) in [6.07, 6.45) is 8.63. The van der Waals surface area contributed by atoms with Crippen molar-refractivity contribution in [3.8, 4) is 28.0 Å². The van der Waals surface area contributed by atoms with Gasteiger partial charge in [-0.25, -0.2) is 0 Å². The number of ether oxygens (including phenoxy) is 1. The van der Waals surface area contributed by atoms with Gasteiger partial charge in [0.15, 0.2) is 0 Å². The number of thioether (sulfide) groups is 3. The third-order valence-corrected chi connectivity index (χ3v) is 20.0. The number of hydrogen-bond acceptors (Lipinski definition) is 19. The molecule has 9 aromatic rings. The predicted molar refractivity (Wildman–Crippen MR) is 377 cm³/mol. The maximum Gasteiger partial charge on any atom is 0.569 e. The lowest BCUT2D eigenvalue weighted by atomic mass is 10.1. The third-order valence-electron chi connectivity index (χ3n) is 11.3. The van der Waals surface area contributed by atoms with Crippen molar-refractivity contribution in [2.75, 3.05) is 32.0 Å². The number of hydrogen-bond donors (Lipinski definition) is 4. The van der Waals surface area contributed by atoms with E-state index in [1.165, 1.54) is 51.6 Å². The molecule has 0 saturated carbocycles. The molecule has 0 amide bonds. The minimum atomic E-state index is -5.84. The first-order valence-electron chi connectivity index (χ1n) is 24.8. The highest BCUT2D eigenvalue weighted by Crippen LogP contribution is 2.43. The van der Waals surface area contributed by atoms with E-state index in [1.54, 1.807) is 64.8 Å². The molecule has 0 atom stereocenters. The molecule has 10 rings (SSSR count). The van der Waals surface area contributed by atoms with Crippen LogP contribution in [0.1, 0.15) is 12.8 Å². The molecule has 35 heteroatoms. The van der Waals surface area contributed by atoms with E-state index in [-0.39, 0.29) is 53.2 Å². The van der Waals surface area contributed by atoms with E-state index in [9.17, 15) is 53.6 Å². The first-order chi connectivity index (χ1) is 42.7. The average Bonchev–Trinajstić information content (AvgIpc) is 1.82. The molecule has 8 aromatic carbocycles. The second kappa shape index (κ2) is 41.4. The Labute approximate surface area is 583 Å². The van der Waals surface area contributed by atoms with Crippen molar-refractivity contribution in [1.82, 2.24) is 0 Å². The molecule has 1 aliphatic rings. The second-order valence-corrected chi connectivity index (χ2v) is 26.1. The van der Waals surface area contributed by atoms with Gasteiger partial charge in [0.25, 0.3) is 22.7 Å². The van der Waals surface area contributed by atoms with E-state index in [0.29, 0.717) is 21.1 Å². The van der Waals surface area contributed by atoms with Crippen LogP contribution in [-0.4, -0.2) is 98.9 Å². The number of nitro groups is 4. The number of rotatable bonds is 11. The summed E-state index contributed by atoms with van der Waals surface area (Å²) in [7, 11) is -5.38. The van der Waals surface area contributed by atoms with Crippen LogP contribution in [0.15, 0.2) is 196 Å². The Hall–Kier alpha value is -5.36. The molecule has 1 aromatic heterocycles. The van der Waals surface area contributed by atoms with Crippen LogP contribution in [0.3, 0.4) is 0 Å². The van der Waals surface area contributed by atoms with Gasteiger partial charge in [-0.2, -0.15) is 21.6 Å². The SMILES string of the molecule is C1CCOC1.CSc1ccccc1-c1cccc([N+](=O)[O-])c1Br.CSc1ccccc1-c1cccc([N+](=O)[O-])c1Br.CSc1ccccc1I.O.O=S(=O)(O)C(F)(F)F.O=[N+]([O-])c1ccc2sc3ccccc3c2c1Br.O=[N+]([O-])c1cccc(O[B]O)c1Br.OO. The van der Waals surface area contributed by atoms with Gasteiger partial charge in [0.1, 0.15) is 23.6 Å². The number of fused-ring (bicyclic) bond motifs is 3. The number of thiophene rings is 1. The summed E-state index contributed by atoms with van der Waals surface area (Å²) in [6.45, 7) is 2.00. The van der Waals surface area contributed by atoms with Crippen molar-refractivity contribution in [3.05, 3.63) is 226 Å². The first-order valence-corrected chi connectivity index (χ1v) is 34.9. The van der Waals surface area contributed by atoms with Crippen LogP contribution in [0, 0.1) is 44.0 Å². The van der Waals surface area contributed by atoms with Crippen LogP contribution < -0.4 is 4.65 Å². The zero-order valence-electron chi connectivity index (χ0n) is 47.0. The highest BCUT2D eigenvalue weighted by atomic mass is 127. The van der Waals surface area contributed by atoms with Gasteiger partial charge >= 0.3 is 23.3 Å². The summed E-state index contributed by atoms with van der Waals surface area (Å²) >= 11 is 22.0. The standard InChI is InChI=1S/2C13H10BrNO2S.C12H6BrNO2S.C7H7IS.C6H4BBrNO4.C4H8O.CHF3O3S.H2O2.H2O/c2*1-18-12-8-3-2-5-9(12)10-6-4-7-11(13(10)14)15(16)17;13-12-8(14(15)16)5-6-10-11(12)7-3-1-2-4-9(7)17-10;1-9-7-5-3-2-4-6(7)8;8-6-4(9(11)12)2-1-3-5(6)13-7-10;1-2-4-5-3-1;2-1(3,4)8(5,6)7;1-2;/h2*2-8H,1H3;1-6H;2-5H,1H3;1-3,10H;1-4H2;(H,5,6,7);1-2H;1H2. The lowest BCUT2D eigenvalue weighted by molar-refractivity contribution is -0.385. The quantitative estimate of drug-likeness (QED) is 0.0137. The normalized spacial score (nSPS) is 11.1. The van der Waals surface area contributed by atoms with Gasteiger partial charge in [-0.15, -0.1) is 46.6 Å². The fraction of sp³-hybridized carbons (Fsp3) is 0.143. The highest BCUT2D eigenvalue weighted by molar-refractivity contribution is 14.1. The third kappa shape index (κ3) is 24.8. The molecule has 485 valence electrons. The number of nitro benzene ring substituents is 4. The van der Waals surface area contributed by atoms with Gasteiger partial charge < -0.3 is 19.9 Å². The van der Waals surface area contributed by atoms with Crippen LogP contribution >= 0.6 is 133 Å². The first kappa shape index (κ1) is 81.7. The van der Waals surface area contributed by atoms with Crippen LogP contribution in [0.25, 0.3) is 42.4 Å². The molecule has 1 fully saturated rings. The van der Waals surface area contributed by atoms with Crippen molar-refractivity contribution >= 4 is 194 Å². The lowest BCUT2D eigenvalue weighted by Crippen LogP contribution is -2.21. The van der Waals surface area contributed by atoms with Crippen molar-refractivity contribution in [3.63, 3.8) is 0 Å². The fourth-order valence-electron chi connectivity index (χ4n) is 7.29. The molecule has 0 bridgehead atoms.